The van der Waals surface area contributed by atoms with E-state index in [2.05, 4.69) is 12.2 Å². The molecule has 2 fully saturated rings. The van der Waals surface area contributed by atoms with Crippen LogP contribution in [0.15, 0.2) is 0 Å². The van der Waals surface area contributed by atoms with Crippen molar-refractivity contribution in [2.75, 3.05) is 6.54 Å². The largest absolute Gasteiger partial charge is 0.465 e. The first-order chi connectivity index (χ1) is 9.52. The molecule has 0 aromatic rings. The number of nitrogens with zero attached hydrogens (tertiary/aromatic N) is 1. The molecule has 20 heavy (non-hydrogen) atoms. The Labute approximate surface area is 118 Å². The molecule has 1 heterocycles. The summed E-state index contributed by atoms with van der Waals surface area (Å²) in [5.41, 5.74) is 0. The first-order valence-corrected chi connectivity index (χ1v) is 7.34. The van der Waals surface area contributed by atoms with E-state index in [4.69, 9.17) is 5.11 Å². The molecule has 2 amide bonds. The zero-order valence-corrected chi connectivity index (χ0v) is 11.8. The maximum atomic E-state index is 12.3. The number of rotatable bonds is 4. The monoisotopic (exact) mass is 282 g/mol. The summed E-state index contributed by atoms with van der Waals surface area (Å²) in [5, 5.41) is 11.0. The average molecular weight is 282 g/mol. The summed E-state index contributed by atoms with van der Waals surface area (Å²) in [5.74, 6) is 0.383. The molecule has 3 atom stereocenters. The van der Waals surface area contributed by atoms with Crippen LogP contribution in [0.25, 0.3) is 0 Å². The Hall–Kier alpha value is -1.59. The molecule has 0 aromatic carbocycles. The van der Waals surface area contributed by atoms with Crippen molar-refractivity contribution >= 4 is 17.8 Å². The maximum absolute atomic E-state index is 12.3. The number of hydrogen-bond donors (Lipinski definition) is 2. The minimum absolute atomic E-state index is 0.0979. The number of likely N-dealkylation sites (tertiary alicyclic amines) is 1. The van der Waals surface area contributed by atoms with E-state index in [-0.39, 0.29) is 23.7 Å². The molecule has 2 rings (SSSR count). The predicted octanol–water partition coefficient (Wildman–Crippen LogP) is 1.39. The molecular formula is C14H22N2O4. The van der Waals surface area contributed by atoms with Gasteiger partial charge in [-0.2, -0.15) is 0 Å². The highest BCUT2D eigenvalue weighted by molar-refractivity contribution is 5.88. The number of carboxylic acid groups (broad SMARTS) is 1. The molecule has 0 radical (unpaired) electrons. The number of carbonyl (C=O) groups is 3. The molecule has 2 N–H and O–H groups in total. The van der Waals surface area contributed by atoms with E-state index in [9.17, 15) is 14.4 Å². The Morgan fingerprint density at radius 3 is 2.80 bits per heavy atom. The van der Waals surface area contributed by atoms with Crippen LogP contribution in [0.5, 0.6) is 0 Å². The van der Waals surface area contributed by atoms with Crippen LogP contribution in [0.4, 0.5) is 4.79 Å². The van der Waals surface area contributed by atoms with E-state index in [0.717, 1.165) is 19.3 Å². The molecule has 1 aliphatic heterocycles. The lowest BCUT2D eigenvalue weighted by atomic mass is 9.80. The molecule has 0 aromatic heterocycles. The van der Waals surface area contributed by atoms with Gasteiger partial charge in [0.1, 0.15) is 11.8 Å². The van der Waals surface area contributed by atoms with Crippen LogP contribution >= 0.6 is 0 Å². The van der Waals surface area contributed by atoms with Gasteiger partial charge in [0.05, 0.1) is 0 Å². The van der Waals surface area contributed by atoms with E-state index < -0.39 is 12.1 Å². The van der Waals surface area contributed by atoms with E-state index in [1.807, 2.05) is 0 Å². The SMILES string of the molecule is CCC[C@@H]1CC(=O)CC[C@@H]1N1CC[C@H](NC(=O)O)C1=O. The third kappa shape index (κ3) is 3.11. The summed E-state index contributed by atoms with van der Waals surface area (Å²) in [6.07, 6.45) is 3.10. The standard InChI is InChI=1S/C14H22N2O4/c1-2-3-9-8-10(17)4-5-12(9)16-7-6-11(13(16)18)15-14(19)20/h9,11-12,15H,2-8H2,1H3,(H,19,20)/t9-,11+,12+/m1/s1. The van der Waals surface area contributed by atoms with Gasteiger partial charge >= 0.3 is 6.09 Å². The Balaban J connectivity index is 2.04. The van der Waals surface area contributed by atoms with Gasteiger partial charge in [-0.1, -0.05) is 13.3 Å². The topological polar surface area (TPSA) is 86.7 Å². The van der Waals surface area contributed by atoms with Crippen LogP contribution in [0.1, 0.15) is 45.4 Å². The van der Waals surface area contributed by atoms with Gasteiger partial charge < -0.3 is 15.3 Å². The molecule has 2 aliphatic rings. The van der Waals surface area contributed by atoms with Crippen LogP contribution in [0.2, 0.25) is 0 Å². The van der Waals surface area contributed by atoms with Crippen molar-refractivity contribution in [3.05, 3.63) is 0 Å². The average Bonchev–Trinajstić information content (AvgIpc) is 2.71. The van der Waals surface area contributed by atoms with Gasteiger partial charge in [-0.3, -0.25) is 9.59 Å². The number of hydrogen-bond acceptors (Lipinski definition) is 3. The first-order valence-electron chi connectivity index (χ1n) is 7.34. The molecule has 6 heteroatoms. The summed E-state index contributed by atoms with van der Waals surface area (Å²) < 4.78 is 0. The van der Waals surface area contributed by atoms with Gasteiger partial charge in [-0.15, -0.1) is 0 Å². The number of nitrogens with one attached hydrogen (secondary N) is 1. The van der Waals surface area contributed by atoms with Gasteiger partial charge in [0.2, 0.25) is 5.91 Å². The second-order valence-electron chi connectivity index (χ2n) is 5.72. The number of Topliss-reactive ketones (excluding diaryl/α,β-unsaturated/α-hetero) is 1. The first kappa shape index (κ1) is 14.8. The minimum Gasteiger partial charge on any atom is -0.465 e. The smallest absolute Gasteiger partial charge is 0.405 e. The summed E-state index contributed by atoms with van der Waals surface area (Å²) in [4.78, 5) is 36.4. The Morgan fingerprint density at radius 2 is 2.15 bits per heavy atom. The van der Waals surface area contributed by atoms with Crippen molar-refractivity contribution in [1.29, 1.82) is 0 Å². The third-order valence-corrected chi connectivity index (χ3v) is 4.35. The number of amides is 2. The molecular weight excluding hydrogens is 260 g/mol. The van der Waals surface area contributed by atoms with Crippen LogP contribution in [-0.4, -0.2) is 46.4 Å². The quantitative estimate of drug-likeness (QED) is 0.816. The Bertz CT molecular complexity index is 410. The van der Waals surface area contributed by atoms with Crippen molar-refractivity contribution in [3.8, 4) is 0 Å². The molecule has 112 valence electrons. The van der Waals surface area contributed by atoms with Crippen molar-refractivity contribution < 1.29 is 19.5 Å². The summed E-state index contributed by atoms with van der Waals surface area (Å²) in [7, 11) is 0. The predicted molar refractivity (Wildman–Crippen MR) is 72.3 cm³/mol. The van der Waals surface area contributed by atoms with Crippen LogP contribution in [0.3, 0.4) is 0 Å². The van der Waals surface area contributed by atoms with Gasteiger partial charge in [0, 0.05) is 25.4 Å². The van der Waals surface area contributed by atoms with Crippen molar-refractivity contribution in [1.82, 2.24) is 10.2 Å². The maximum Gasteiger partial charge on any atom is 0.405 e. The highest BCUT2D eigenvalue weighted by Crippen LogP contribution is 2.32. The lowest BCUT2D eigenvalue weighted by molar-refractivity contribution is -0.135. The molecule has 0 unspecified atom stereocenters. The molecule has 0 spiro atoms. The van der Waals surface area contributed by atoms with E-state index >= 15 is 0 Å². The molecule has 1 aliphatic carbocycles. The van der Waals surface area contributed by atoms with Crippen molar-refractivity contribution in [2.45, 2.75) is 57.5 Å². The van der Waals surface area contributed by atoms with Gasteiger partial charge in [0.15, 0.2) is 0 Å². The summed E-state index contributed by atoms with van der Waals surface area (Å²) in [6.45, 7) is 2.67. The van der Waals surface area contributed by atoms with Gasteiger partial charge in [0.25, 0.3) is 0 Å². The van der Waals surface area contributed by atoms with Crippen molar-refractivity contribution in [2.24, 2.45) is 5.92 Å². The molecule has 6 nitrogen and oxygen atoms in total. The number of carbonyl (C=O) groups excluding carboxylic acids is 2. The highest BCUT2D eigenvalue weighted by Gasteiger charge is 2.41. The Morgan fingerprint density at radius 1 is 1.40 bits per heavy atom. The van der Waals surface area contributed by atoms with E-state index in [1.165, 1.54) is 0 Å². The highest BCUT2D eigenvalue weighted by atomic mass is 16.4. The normalized spacial score (nSPS) is 30.6. The lowest BCUT2D eigenvalue weighted by Crippen LogP contribution is -2.48. The lowest BCUT2D eigenvalue weighted by Gasteiger charge is -2.37. The fourth-order valence-electron chi connectivity index (χ4n) is 3.46. The fourth-order valence-corrected chi connectivity index (χ4v) is 3.46. The zero-order chi connectivity index (χ0) is 14.7. The zero-order valence-electron chi connectivity index (χ0n) is 11.8. The number of ketones is 1. The minimum atomic E-state index is -1.16. The van der Waals surface area contributed by atoms with Crippen molar-refractivity contribution in [3.63, 3.8) is 0 Å². The van der Waals surface area contributed by atoms with Crippen LogP contribution < -0.4 is 5.32 Å². The van der Waals surface area contributed by atoms with E-state index in [0.29, 0.717) is 25.8 Å². The third-order valence-electron chi connectivity index (χ3n) is 4.35. The second kappa shape index (κ2) is 6.24. The van der Waals surface area contributed by atoms with Gasteiger partial charge in [-0.25, -0.2) is 4.79 Å². The summed E-state index contributed by atoms with van der Waals surface area (Å²) >= 11 is 0. The molecule has 0 bridgehead atoms. The second-order valence-corrected chi connectivity index (χ2v) is 5.72. The van der Waals surface area contributed by atoms with E-state index in [1.54, 1.807) is 4.90 Å². The fraction of sp³-hybridized carbons (Fsp3) is 0.786. The molecule has 1 saturated heterocycles. The van der Waals surface area contributed by atoms with Gasteiger partial charge in [-0.05, 0) is 25.2 Å². The molecule has 1 saturated carbocycles. The van der Waals surface area contributed by atoms with Crippen LogP contribution in [0, 0.1) is 5.92 Å². The summed E-state index contributed by atoms with van der Waals surface area (Å²) in [6, 6.07) is -0.520. The van der Waals surface area contributed by atoms with Crippen LogP contribution in [-0.2, 0) is 9.59 Å². The Kier molecular flexibility index (Phi) is 4.62.